The summed E-state index contributed by atoms with van der Waals surface area (Å²) in [6, 6.07) is 16.2. The Bertz CT molecular complexity index is 738. The lowest BCUT2D eigenvalue weighted by Gasteiger charge is -2.09. The maximum absolute atomic E-state index is 5.83. The molecule has 1 aromatic heterocycles. The van der Waals surface area contributed by atoms with E-state index >= 15 is 0 Å². The first-order valence-corrected chi connectivity index (χ1v) is 7.53. The molecule has 2 N–H and O–H groups in total. The van der Waals surface area contributed by atoms with E-state index in [2.05, 4.69) is 30.1 Å². The highest BCUT2D eigenvalue weighted by Crippen LogP contribution is 2.32. The van der Waals surface area contributed by atoms with Gasteiger partial charge in [-0.2, -0.15) is 0 Å². The van der Waals surface area contributed by atoms with Crippen molar-refractivity contribution in [2.45, 2.75) is 13.5 Å². The summed E-state index contributed by atoms with van der Waals surface area (Å²) in [7, 11) is 0. The molecule has 0 fully saturated rings. The zero-order valence-electron chi connectivity index (χ0n) is 11.7. The van der Waals surface area contributed by atoms with E-state index in [-0.39, 0.29) is 0 Å². The molecule has 0 radical (unpaired) electrons. The molecule has 0 unspecified atom stereocenters. The summed E-state index contributed by atoms with van der Waals surface area (Å²) >= 11 is 1.50. The van der Waals surface area contributed by atoms with Crippen molar-refractivity contribution in [3.8, 4) is 16.2 Å². The predicted molar refractivity (Wildman–Crippen MR) is 87.5 cm³/mol. The average molecular weight is 296 g/mol. The van der Waals surface area contributed by atoms with Crippen LogP contribution < -0.4 is 10.5 Å². The van der Waals surface area contributed by atoms with Gasteiger partial charge in [0, 0.05) is 6.20 Å². The number of hydrogen-bond acceptors (Lipinski definition) is 4. The molecule has 0 bridgehead atoms. The highest BCUT2D eigenvalue weighted by molar-refractivity contribution is 7.18. The van der Waals surface area contributed by atoms with Crippen molar-refractivity contribution in [1.82, 2.24) is 4.98 Å². The van der Waals surface area contributed by atoms with Crippen molar-refractivity contribution in [3.63, 3.8) is 0 Å². The van der Waals surface area contributed by atoms with Crippen LogP contribution in [0.5, 0.6) is 5.75 Å². The van der Waals surface area contributed by atoms with Crippen LogP contribution in [0.4, 0.5) is 5.13 Å². The highest BCUT2D eigenvalue weighted by Gasteiger charge is 2.07. The highest BCUT2D eigenvalue weighted by atomic mass is 32.1. The molecule has 0 amide bonds. The molecular weight excluding hydrogens is 280 g/mol. The van der Waals surface area contributed by atoms with Gasteiger partial charge in [0.15, 0.2) is 5.13 Å². The Morgan fingerprint density at radius 1 is 1.14 bits per heavy atom. The summed E-state index contributed by atoms with van der Waals surface area (Å²) in [5, 5.41) is 0.591. The van der Waals surface area contributed by atoms with Gasteiger partial charge in [0.2, 0.25) is 0 Å². The molecule has 4 heteroatoms. The van der Waals surface area contributed by atoms with Gasteiger partial charge >= 0.3 is 0 Å². The van der Waals surface area contributed by atoms with Crippen LogP contribution in [0.25, 0.3) is 10.4 Å². The van der Waals surface area contributed by atoms with E-state index in [0.29, 0.717) is 11.7 Å². The Labute approximate surface area is 128 Å². The standard InChI is InChI=1S/C17H16N2OS/c1-12-9-14(20-11-13-5-3-2-4-6-13)7-8-15(12)16-10-19-17(18)21-16/h2-10H,11H2,1H3,(H2,18,19). The number of aryl methyl sites for hydroxylation is 1. The molecular formula is C17H16N2OS. The largest absolute Gasteiger partial charge is 0.489 e. The molecule has 0 aliphatic heterocycles. The second kappa shape index (κ2) is 5.97. The lowest BCUT2D eigenvalue weighted by atomic mass is 10.1. The molecule has 0 atom stereocenters. The number of hydrogen-bond donors (Lipinski definition) is 1. The average Bonchev–Trinajstić information content (AvgIpc) is 2.92. The topological polar surface area (TPSA) is 48.1 Å². The molecule has 3 rings (SSSR count). The monoisotopic (exact) mass is 296 g/mol. The molecule has 0 aliphatic rings. The summed E-state index contributed by atoms with van der Waals surface area (Å²) in [6.07, 6.45) is 1.81. The quantitative estimate of drug-likeness (QED) is 0.781. The summed E-state index contributed by atoms with van der Waals surface area (Å²) < 4.78 is 5.83. The van der Waals surface area contributed by atoms with E-state index in [1.54, 1.807) is 0 Å². The smallest absolute Gasteiger partial charge is 0.180 e. The van der Waals surface area contributed by atoms with Gasteiger partial charge in [-0.3, -0.25) is 0 Å². The van der Waals surface area contributed by atoms with Gasteiger partial charge in [-0.1, -0.05) is 41.7 Å². The van der Waals surface area contributed by atoms with E-state index in [1.807, 2.05) is 36.5 Å². The van der Waals surface area contributed by atoms with Crippen molar-refractivity contribution >= 4 is 16.5 Å². The molecule has 3 nitrogen and oxygen atoms in total. The van der Waals surface area contributed by atoms with E-state index in [1.165, 1.54) is 11.3 Å². The number of nitrogen functional groups attached to an aromatic ring is 1. The van der Waals surface area contributed by atoms with E-state index in [4.69, 9.17) is 10.5 Å². The van der Waals surface area contributed by atoms with E-state index in [0.717, 1.165) is 27.3 Å². The fourth-order valence-electron chi connectivity index (χ4n) is 2.16. The summed E-state index contributed by atoms with van der Waals surface area (Å²) in [4.78, 5) is 5.18. The van der Waals surface area contributed by atoms with Crippen LogP contribution in [0, 0.1) is 6.92 Å². The molecule has 0 spiro atoms. The lowest BCUT2D eigenvalue weighted by molar-refractivity contribution is 0.306. The van der Waals surface area contributed by atoms with Crippen molar-refractivity contribution < 1.29 is 4.74 Å². The van der Waals surface area contributed by atoms with Gasteiger partial charge in [-0.15, -0.1) is 0 Å². The number of thiazole rings is 1. The first kappa shape index (κ1) is 13.6. The molecule has 106 valence electrons. The zero-order chi connectivity index (χ0) is 14.7. The van der Waals surface area contributed by atoms with Gasteiger partial charge in [0.25, 0.3) is 0 Å². The number of anilines is 1. The van der Waals surface area contributed by atoms with Crippen LogP contribution in [0.2, 0.25) is 0 Å². The summed E-state index contributed by atoms with van der Waals surface area (Å²) in [5.41, 5.74) is 9.16. The van der Waals surface area contributed by atoms with E-state index < -0.39 is 0 Å². The minimum atomic E-state index is 0.577. The normalized spacial score (nSPS) is 10.5. The van der Waals surface area contributed by atoms with Gasteiger partial charge in [0.05, 0.1) is 4.88 Å². The first-order chi connectivity index (χ1) is 10.2. The summed E-state index contributed by atoms with van der Waals surface area (Å²) in [5.74, 6) is 0.873. The molecule has 0 saturated heterocycles. The van der Waals surface area contributed by atoms with Gasteiger partial charge in [-0.25, -0.2) is 4.98 Å². The third kappa shape index (κ3) is 3.23. The molecule has 3 aromatic rings. The van der Waals surface area contributed by atoms with Crippen molar-refractivity contribution in [2.24, 2.45) is 0 Å². The van der Waals surface area contributed by atoms with Crippen LogP contribution in [-0.2, 0) is 6.61 Å². The summed E-state index contributed by atoms with van der Waals surface area (Å²) in [6.45, 7) is 2.65. The van der Waals surface area contributed by atoms with E-state index in [9.17, 15) is 0 Å². The maximum atomic E-state index is 5.83. The van der Waals surface area contributed by atoms with Gasteiger partial charge in [0.1, 0.15) is 12.4 Å². The molecule has 2 aromatic carbocycles. The second-order valence-electron chi connectivity index (χ2n) is 4.81. The number of rotatable bonds is 4. The lowest BCUT2D eigenvalue weighted by Crippen LogP contribution is -1.95. The minimum absolute atomic E-state index is 0.577. The zero-order valence-corrected chi connectivity index (χ0v) is 12.6. The third-order valence-corrected chi connectivity index (χ3v) is 4.10. The SMILES string of the molecule is Cc1cc(OCc2ccccc2)ccc1-c1cnc(N)s1. The molecule has 21 heavy (non-hydrogen) atoms. The Balaban J connectivity index is 1.75. The number of aromatic nitrogens is 1. The van der Waals surface area contributed by atoms with Crippen LogP contribution in [0.1, 0.15) is 11.1 Å². The maximum Gasteiger partial charge on any atom is 0.180 e. The Kier molecular flexibility index (Phi) is 3.88. The predicted octanol–water partition coefficient (Wildman–Crippen LogP) is 4.28. The van der Waals surface area contributed by atoms with Gasteiger partial charge < -0.3 is 10.5 Å². The van der Waals surface area contributed by atoms with Crippen molar-refractivity contribution in [3.05, 3.63) is 65.9 Å². The molecule has 0 aliphatic carbocycles. The molecule has 0 saturated carbocycles. The minimum Gasteiger partial charge on any atom is -0.489 e. The molecule has 1 heterocycles. The Morgan fingerprint density at radius 3 is 2.62 bits per heavy atom. The number of benzene rings is 2. The van der Waals surface area contributed by atoms with Crippen LogP contribution in [0.3, 0.4) is 0 Å². The van der Waals surface area contributed by atoms with Crippen molar-refractivity contribution in [1.29, 1.82) is 0 Å². The van der Waals surface area contributed by atoms with Crippen molar-refractivity contribution in [2.75, 3.05) is 5.73 Å². The van der Waals surface area contributed by atoms with Gasteiger partial charge in [-0.05, 0) is 41.8 Å². The number of nitrogens with two attached hydrogens (primary N) is 1. The number of ether oxygens (including phenoxy) is 1. The van der Waals surface area contributed by atoms with Crippen LogP contribution in [0.15, 0.2) is 54.7 Å². The fraction of sp³-hybridized carbons (Fsp3) is 0.118. The Hall–Kier alpha value is -2.33. The van der Waals surface area contributed by atoms with Crippen LogP contribution >= 0.6 is 11.3 Å². The van der Waals surface area contributed by atoms with Crippen LogP contribution in [-0.4, -0.2) is 4.98 Å². The Morgan fingerprint density at radius 2 is 1.95 bits per heavy atom. The first-order valence-electron chi connectivity index (χ1n) is 6.71. The fourth-order valence-corrected chi connectivity index (χ4v) is 2.93. The third-order valence-electron chi connectivity index (χ3n) is 3.24. The second-order valence-corrected chi connectivity index (χ2v) is 5.88. The number of nitrogens with zero attached hydrogens (tertiary/aromatic N) is 1.